The van der Waals surface area contributed by atoms with Crippen LogP contribution in [-0.2, 0) is 15.0 Å². The molecule has 27 heavy (non-hydrogen) atoms. The number of carboxylic acids is 2. The lowest BCUT2D eigenvalue weighted by Gasteiger charge is -2.35. The van der Waals surface area contributed by atoms with Crippen LogP contribution in [0.1, 0.15) is 18.1 Å². The van der Waals surface area contributed by atoms with E-state index in [9.17, 15) is 25.1 Å². The van der Waals surface area contributed by atoms with Crippen molar-refractivity contribution in [2.24, 2.45) is 5.92 Å². The van der Waals surface area contributed by atoms with Crippen molar-refractivity contribution in [3.8, 4) is 17.2 Å². The van der Waals surface area contributed by atoms with E-state index in [1.165, 1.54) is 18.2 Å². The maximum absolute atomic E-state index is 12.2. The summed E-state index contributed by atoms with van der Waals surface area (Å²) in [6, 6.07) is 16.2. The summed E-state index contributed by atoms with van der Waals surface area (Å²) in [5.41, 5.74) is 1.16. The molecule has 3 rings (SSSR count). The maximum Gasteiger partial charge on any atom is 0.331 e. The van der Waals surface area contributed by atoms with Crippen LogP contribution < -0.4 is 0 Å². The van der Waals surface area contributed by atoms with E-state index in [0.717, 1.165) is 11.1 Å². The molecular weight excluding hydrogens is 342 g/mol. The number of benzene rings is 2. The van der Waals surface area contributed by atoms with Crippen LogP contribution in [0.3, 0.4) is 0 Å². The smallest absolute Gasteiger partial charge is 0.331 e. The first-order chi connectivity index (χ1) is 12.9. The van der Waals surface area contributed by atoms with Gasteiger partial charge in [-0.15, -0.1) is 0 Å². The highest BCUT2D eigenvalue weighted by atomic mass is 16.4. The minimum absolute atomic E-state index is 0.0544. The van der Waals surface area contributed by atoms with Crippen molar-refractivity contribution in [3.63, 3.8) is 0 Å². The van der Waals surface area contributed by atoms with Gasteiger partial charge in [0.25, 0.3) is 0 Å². The molecule has 134 valence electrons. The van der Waals surface area contributed by atoms with Crippen LogP contribution in [0.2, 0.25) is 0 Å². The number of nitrogens with zero attached hydrogens (tertiary/aromatic N) is 1. The Balaban J connectivity index is 2.08. The lowest BCUT2D eigenvalue weighted by molar-refractivity contribution is -0.143. The normalized spacial score (nSPS) is 21.2. The number of hydrogen-bond acceptors (Lipinski definition) is 3. The summed E-state index contributed by atoms with van der Waals surface area (Å²) < 4.78 is 0. The average molecular weight is 359 g/mol. The largest absolute Gasteiger partial charge is 0.480 e. The predicted molar refractivity (Wildman–Crippen MR) is 99.9 cm³/mol. The number of nitriles is 1. The Kier molecular flexibility index (Phi) is 4.66. The first kappa shape index (κ1) is 18.2. The van der Waals surface area contributed by atoms with Crippen LogP contribution in [0.15, 0.2) is 72.3 Å². The number of allylic oxidation sites excluding steroid dienone is 2. The fourth-order valence-electron chi connectivity index (χ4n) is 3.58. The second-order valence-corrected chi connectivity index (χ2v) is 6.42. The summed E-state index contributed by atoms with van der Waals surface area (Å²) in [4.78, 5) is 23.7. The number of hydrogen-bond donors (Lipinski definition) is 2. The molecule has 0 fully saturated rings. The first-order valence-electron chi connectivity index (χ1n) is 8.38. The monoisotopic (exact) mass is 359 g/mol. The van der Waals surface area contributed by atoms with Crippen molar-refractivity contribution in [2.45, 2.75) is 12.3 Å². The molecule has 0 heterocycles. The van der Waals surface area contributed by atoms with Gasteiger partial charge < -0.3 is 10.2 Å². The number of rotatable bonds is 4. The van der Waals surface area contributed by atoms with Gasteiger partial charge >= 0.3 is 11.9 Å². The van der Waals surface area contributed by atoms with Gasteiger partial charge in [-0.05, 0) is 22.8 Å². The summed E-state index contributed by atoms with van der Waals surface area (Å²) in [7, 11) is 0. The van der Waals surface area contributed by atoms with Crippen LogP contribution in [-0.4, -0.2) is 22.2 Å². The van der Waals surface area contributed by atoms with Gasteiger partial charge in [0, 0.05) is 11.5 Å². The molecule has 1 aliphatic carbocycles. The first-order valence-corrected chi connectivity index (χ1v) is 8.38. The van der Waals surface area contributed by atoms with E-state index in [1.807, 2.05) is 12.1 Å². The molecule has 0 saturated carbocycles. The van der Waals surface area contributed by atoms with Gasteiger partial charge in [0.2, 0.25) is 0 Å². The predicted octanol–water partition coefficient (Wildman–Crippen LogP) is 3.76. The summed E-state index contributed by atoms with van der Waals surface area (Å²) in [6.07, 6.45) is 4.45. The molecule has 0 radical (unpaired) electrons. The van der Waals surface area contributed by atoms with Gasteiger partial charge in [-0.2, -0.15) is 5.26 Å². The SMILES string of the molecule is CC1C(C(=O)O)=CC=CC1(C(=O)O)c1ccc(-c2ccccc2C#N)cc1. The summed E-state index contributed by atoms with van der Waals surface area (Å²) in [6.45, 7) is 1.61. The average Bonchev–Trinajstić information content (AvgIpc) is 2.68. The van der Waals surface area contributed by atoms with E-state index in [-0.39, 0.29) is 5.57 Å². The highest BCUT2D eigenvalue weighted by Gasteiger charge is 2.47. The molecule has 0 spiro atoms. The third-order valence-corrected chi connectivity index (χ3v) is 5.11. The minimum Gasteiger partial charge on any atom is -0.480 e. The Morgan fingerprint density at radius 3 is 2.33 bits per heavy atom. The Morgan fingerprint density at radius 2 is 1.74 bits per heavy atom. The standard InChI is InChI=1S/C22H17NO4/c1-14-18(20(24)25)7-4-12-22(14,21(26)27)17-10-8-15(9-11-17)19-6-3-2-5-16(19)13-23/h2-12,14H,1H3,(H,24,25)(H,26,27). The van der Waals surface area contributed by atoms with Crippen LogP contribution in [0.4, 0.5) is 0 Å². The fourth-order valence-corrected chi connectivity index (χ4v) is 3.58. The molecule has 0 saturated heterocycles. The van der Waals surface area contributed by atoms with Crippen molar-refractivity contribution in [3.05, 3.63) is 83.5 Å². The van der Waals surface area contributed by atoms with Gasteiger partial charge in [-0.3, -0.25) is 4.79 Å². The minimum atomic E-state index is -1.46. The molecule has 2 atom stereocenters. The van der Waals surface area contributed by atoms with Gasteiger partial charge in [0.05, 0.1) is 11.6 Å². The Morgan fingerprint density at radius 1 is 1.07 bits per heavy atom. The molecule has 2 N–H and O–H groups in total. The van der Waals surface area contributed by atoms with E-state index in [1.54, 1.807) is 43.3 Å². The van der Waals surface area contributed by atoms with Crippen LogP contribution >= 0.6 is 0 Å². The molecule has 2 unspecified atom stereocenters. The highest BCUT2D eigenvalue weighted by Crippen LogP contribution is 2.41. The van der Waals surface area contributed by atoms with Crippen molar-refractivity contribution in [1.82, 2.24) is 0 Å². The van der Waals surface area contributed by atoms with Crippen molar-refractivity contribution in [2.75, 3.05) is 0 Å². The van der Waals surface area contributed by atoms with Gasteiger partial charge in [-0.25, -0.2) is 4.79 Å². The number of carbonyl (C=O) groups is 2. The fraction of sp³-hybridized carbons (Fsp3) is 0.136. The van der Waals surface area contributed by atoms with E-state index in [4.69, 9.17) is 0 Å². The zero-order chi connectivity index (χ0) is 19.6. The topological polar surface area (TPSA) is 98.4 Å². The quantitative estimate of drug-likeness (QED) is 0.866. The highest BCUT2D eigenvalue weighted by molar-refractivity contribution is 5.94. The van der Waals surface area contributed by atoms with Gasteiger partial charge in [0.1, 0.15) is 5.41 Å². The number of carboxylic acid groups (broad SMARTS) is 2. The van der Waals surface area contributed by atoms with Crippen LogP contribution in [0.25, 0.3) is 11.1 Å². The Hall–Kier alpha value is -3.65. The zero-order valence-electron chi connectivity index (χ0n) is 14.6. The third-order valence-electron chi connectivity index (χ3n) is 5.11. The van der Waals surface area contributed by atoms with E-state index < -0.39 is 23.3 Å². The molecule has 0 amide bonds. The molecular formula is C22H17NO4. The third kappa shape index (κ3) is 2.91. The summed E-state index contributed by atoms with van der Waals surface area (Å²) >= 11 is 0. The molecule has 0 bridgehead atoms. The number of aliphatic carboxylic acids is 2. The second-order valence-electron chi connectivity index (χ2n) is 6.42. The molecule has 0 aliphatic heterocycles. The van der Waals surface area contributed by atoms with Crippen molar-refractivity contribution < 1.29 is 19.8 Å². The van der Waals surface area contributed by atoms with Crippen LogP contribution in [0.5, 0.6) is 0 Å². The van der Waals surface area contributed by atoms with E-state index >= 15 is 0 Å². The lowest BCUT2D eigenvalue weighted by atomic mass is 9.65. The zero-order valence-corrected chi connectivity index (χ0v) is 14.6. The molecule has 2 aromatic carbocycles. The molecule has 1 aliphatic rings. The van der Waals surface area contributed by atoms with Crippen LogP contribution in [0, 0.1) is 17.2 Å². The Labute approximate surface area is 156 Å². The van der Waals surface area contributed by atoms with Gasteiger partial charge in [0.15, 0.2) is 0 Å². The van der Waals surface area contributed by atoms with E-state index in [2.05, 4.69) is 6.07 Å². The maximum atomic E-state index is 12.2. The van der Waals surface area contributed by atoms with E-state index in [0.29, 0.717) is 11.1 Å². The second kappa shape index (κ2) is 6.93. The molecule has 2 aromatic rings. The molecule has 5 nitrogen and oxygen atoms in total. The summed E-state index contributed by atoms with van der Waals surface area (Å²) in [5, 5.41) is 28.6. The van der Waals surface area contributed by atoms with Gasteiger partial charge in [-0.1, -0.05) is 67.6 Å². The van der Waals surface area contributed by atoms with Crippen molar-refractivity contribution in [1.29, 1.82) is 5.26 Å². The Bertz CT molecular complexity index is 1010. The van der Waals surface area contributed by atoms with Crippen molar-refractivity contribution >= 4 is 11.9 Å². The molecule has 5 heteroatoms. The molecule has 0 aromatic heterocycles. The summed E-state index contributed by atoms with van der Waals surface area (Å²) in [5.74, 6) is -2.98. The lowest BCUT2D eigenvalue weighted by Crippen LogP contribution is -2.43.